The molecule has 0 fully saturated rings. The number of nitrogens with zero attached hydrogens (tertiary/aromatic N) is 1. The Balaban J connectivity index is 2.75. The van der Waals surface area contributed by atoms with Gasteiger partial charge in [-0.15, -0.1) is 0 Å². The Hall–Kier alpha value is -2.02. The second-order valence-electron chi connectivity index (χ2n) is 3.76. The lowest BCUT2D eigenvalue weighted by molar-refractivity contribution is -0.143. The van der Waals surface area contributed by atoms with Gasteiger partial charge in [-0.1, -0.05) is 0 Å². The maximum Gasteiger partial charge on any atom is 0.328 e. The number of hydrogen-bond acceptors (Lipinski definition) is 4. The third-order valence-corrected chi connectivity index (χ3v) is 2.37. The molecule has 0 saturated heterocycles. The van der Waals surface area contributed by atoms with Gasteiger partial charge < -0.3 is 10.1 Å². The Morgan fingerprint density at radius 1 is 1.59 bits per heavy atom. The highest BCUT2D eigenvalue weighted by molar-refractivity contribution is 5.79. The Morgan fingerprint density at radius 2 is 2.29 bits per heavy atom. The van der Waals surface area contributed by atoms with Crippen LogP contribution in [0.3, 0.4) is 0 Å². The van der Waals surface area contributed by atoms with Gasteiger partial charge in [-0.2, -0.15) is 5.26 Å². The molecule has 0 aliphatic rings. The smallest absolute Gasteiger partial charge is 0.328 e. The molecule has 1 aromatic rings. The Kier molecular flexibility index (Phi) is 4.53. The summed E-state index contributed by atoms with van der Waals surface area (Å²) in [6.07, 6.45) is 0. The fourth-order valence-electron chi connectivity index (χ4n) is 1.45. The zero-order valence-electron chi connectivity index (χ0n) is 10.3. The summed E-state index contributed by atoms with van der Waals surface area (Å²) >= 11 is 0. The number of esters is 1. The van der Waals surface area contributed by atoms with Crippen molar-refractivity contribution in [1.29, 1.82) is 5.26 Å². The van der Waals surface area contributed by atoms with E-state index >= 15 is 0 Å². The maximum atomic E-state index is 11.4. The van der Waals surface area contributed by atoms with Crippen molar-refractivity contribution in [2.75, 3.05) is 11.9 Å². The third-order valence-electron chi connectivity index (χ3n) is 2.37. The van der Waals surface area contributed by atoms with Crippen molar-refractivity contribution >= 4 is 11.7 Å². The van der Waals surface area contributed by atoms with Crippen LogP contribution in [-0.4, -0.2) is 18.6 Å². The molecule has 1 unspecified atom stereocenters. The minimum atomic E-state index is -0.401. The predicted molar refractivity (Wildman–Crippen MR) is 65.6 cm³/mol. The summed E-state index contributed by atoms with van der Waals surface area (Å²) in [5.74, 6) is -0.281. The van der Waals surface area contributed by atoms with Crippen molar-refractivity contribution in [1.82, 2.24) is 0 Å². The summed E-state index contributed by atoms with van der Waals surface area (Å²) in [6, 6.07) is 6.96. The van der Waals surface area contributed by atoms with E-state index in [1.807, 2.05) is 6.92 Å². The van der Waals surface area contributed by atoms with Gasteiger partial charge in [0.1, 0.15) is 6.04 Å². The van der Waals surface area contributed by atoms with Crippen LogP contribution in [0, 0.1) is 18.3 Å². The van der Waals surface area contributed by atoms with Crippen LogP contribution in [0.4, 0.5) is 5.69 Å². The molecule has 90 valence electrons. The molecule has 0 radical (unpaired) electrons. The van der Waals surface area contributed by atoms with Crippen LogP contribution in [-0.2, 0) is 9.53 Å². The second-order valence-corrected chi connectivity index (χ2v) is 3.76. The van der Waals surface area contributed by atoms with Gasteiger partial charge >= 0.3 is 5.97 Å². The van der Waals surface area contributed by atoms with Crippen LogP contribution < -0.4 is 5.32 Å². The van der Waals surface area contributed by atoms with Crippen LogP contribution in [0.15, 0.2) is 18.2 Å². The highest BCUT2D eigenvalue weighted by atomic mass is 16.5. The van der Waals surface area contributed by atoms with E-state index in [1.165, 1.54) is 0 Å². The first-order valence-electron chi connectivity index (χ1n) is 5.52. The topological polar surface area (TPSA) is 62.1 Å². The van der Waals surface area contributed by atoms with Gasteiger partial charge in [0.25, 0.3) is 0 Å². The fourth-order valence-corrected chi connectivity index (χ4v) is 1.45. The van der Waals surface area contributed by atoms with Crippen molar-refractivity contribution in [3.05, 3.63) is 29.3 Å². The number of anilines is 1. The summed E-state index contributed by atoms with van der Waals surface area (Å²) in [5, 5.41) is 11.8. The average molecular weight is 232 g/mol. The number of benzene rings is 1. The number of nitrogens with one attached hydrogen (secondary N) is 1. The monoisotopic (exact) mass is 232 g/mol. The van der Waals surface area contributed by atoms with Crippen LogP contribution in [0.5, 0.6) is 0 Å². The van der Waals surface area contributed by atoms with Crippen LogP contribution in [0.2, 0.25) is 0 Å². The van der Waals surface area contributed by atoms with Gasteiger partial charge in [-0.25, -0.2) is 4.79 Å². The van der Waals surface area contributed by atoms with Crippen LogP contribution in [0.25, 0.3) is 0 Å². The Labute approximate surface area is 101 Å². The first-order chi connectivity index (χ1) is 8.08. The summed E-state index contributed by atoms with van der Waals surface area (Å²) in [7, 11) is 0. The highest BCUT2D eigenvalue weighted by Gasteiger charge is 2.14. The van der Waals surface area contributed by atoms with Gasteiger partial charge in [-0.3, -0.25) is 0 Å². The summed E-state index contributed by atoms with van der Waals surface area (Å²) in [4.78, 5) is 11.4. The van der Waals surface area contributed by atoms with E-state index in [4.69, 9.17) is 10.00 Å². The molecule has 0 amide bonds. The van der Waals surface area contributed by atoms with E-state index in [0.29, 0.717) is 12.2 Å². The van der Waals surface area contributed by atoms with Crippen molar-refractivity contribution in [3.8, 4) is 6.07 Å². The van der Waals surface area contributed by atoms with Crippen molar-refractivity contribution in [3.63, 3.8) is 0 Å². The summed E-state index contributed by atoms with van der Waals surface area (Å²) in [6.45, 7) is 5.78. The SMILES string of the molecule is CCOC(=O)C(C)Nc1ccc(C#N)cc1C. The number of ether oxygens (including phenoxy) is 1. The molecule has 1 N–H and O–H groups in total. The molecule has 0 bridgehead atoms. The van der Waals surface area contributed by atoms with Crippen molar-refractivity contribution in [2.24, 2.45) is 0 Å². The molecule has 17 heavy (non-hydrogen) atoms. The lowest BCUT2D eigenvalue weighted by Gasteiger charge is -2.15. The van der Waals surface area contributed by atoms with E-state index in [-0.39, 0.29) is 5.97 Å². The molecule has 1 rings (SSSR count). The predicted octanol–water partition coefficient (Wildman–Crippen LogP) is 2.23. The zero-order valence-corrected chi connectivity index (χ0v) is 10.3. The number of aryl methyl sites for hydroxylation is 1. The largest absolute Gasteiger partial charge is 0.464 e. The zero-order chi connectivity index (χ0) is 12.8. The van der Waals surface area contributed by atoms with E-state index in [1.54, 1.807) is 32.0 Å². The number of hydrogen-bond donors (Lipinski definition) is 1. The quantitative estimate of drug-likeness (QED) is 0.808. The molecular weight excluding hydrogens is 216 g/mol. The molecule has 4 heteroatoms. The molecule has 0 saturated carbocycles. The van der Waals surface area contributed by atoms with Gasteiger partial charge in [0, 0.05) is 5.69 Å². The molecule has 4 nitrogen and oxygen atoms in total. The fraction of sp³-hybridized carbons (Fsp3) is 0.385. The minimum Gasteiger partial charge on any atom is -0.464 e. The van der Waals surface area contributed by atoms with E-state index in [2.05, 4.69) is 11.4 Å². The van der Waals surface area contributed by atoms with Crippen LogP contribution in [0.1, 0.15) is 25.0 Å². The summed E-state index contributed by atoms with van der Waals surface area (Å²) < 4.78 is 4.91. The van der Waals surface area contributed by atoms with Gasteiger partial charge in [0.2, 0.25) is 0 Å². The molecule has 0 aliphatic heterocycles. The van der Waals surface area contributed by atoms with E-state index < -0.39 is 6.04 Å². The molecule has 0 aromatic heterocycles. The Morgan fingerprint density at radius 3 is 2.82 bits per heavy atom. The maximum absolute atomic E-state index is 11.4. The lowest BCUT2D eigenvalue weighted by atomic mass is 10.1. The third kappa shape index (κ3) is 3.49. The van der Waals surface area contributed by atoms with Gasteiger partial charge in [0.05, 0.1) is 18.2 Å². The first-order valence-corrected chi connectivity index (χ1v) is 5.52. The second kappa shape index (κ2) is 5.90. The first kappa shape index (κ1) is 13.0. The minimum absolute atomic E-state index is 0.281. The van der Waals surface area contributed by atoms with Crippen molar-refractivity contribution in [2.45, 2.75) is 26.8 Å². The standard InChI is InChI=1S/C13H16N2O2/c1-4-17-13(16)10(3)15-12-6-5-11(8-14)7-9(12)2/h5-7,10,15H,4H2,1-3H3. The number of carbonyl (C=O) groups is 1. The van der Waals surface area contributed by atoms with Gasteiger partial charge in [0.15, 0.2) is 0 Å². The Bertz CT molecular complexity index is 449. The molecule has 1 aromatic carbocycles. The number of carbonyl (C=O) groups excluding carboxylic acids is 1. The van der Waals surface area contributed by atoms with E-state index in [9.17, 15) is 4.79 Å². The molecule has 0 heterocycles. The lowest BCUT2D eigenvalue weighted by Crippen LogP contribution is -2.28. The molecule has 0 spiro atoms. The van der Waals surface area contributed by atoms with E-state index in [0.717, 1.165) is 11.3 Å². The normalized spacial score (nSPS) is 11.4. The number of rotatable bonds is 4. The number of nitriles is 1. The molecular formula is C13H16N2O2. The molecule has 1 atom stereocenters. The van der Waals surface area contributed by atoms with Crippen LogP contribution >= 0.6 is 0 Å². The average Bonchev–Trinajstić information content (AvgIpc) is 2.31. The van der Waals surface area contributed by atoms with Gasteiger partial charge in [-0.05, 0) is 44.5 Å². The highest BCUT2D eigenvalue weighted by Crippen LogP contribution is 2.17. The summed E-state index contributed by atoms with van der Waals surface area (Å²) in [5.41, 5.74) is 2.38. The molecule has 0 aliphatic carbocycles. The van der Waals surface area contributed by atoms with Crippen molar-refractivity contribution < 1.29 is 9.53 Å².